The van der Waals surface area contributed by atoms with Crippen molar-refractivity contribution in [2.24, 2.45) is 0 Å². The fourth-order valence-corrected chi connectivity index (χ4v) is 3.68. The zero-order valence-electron chi connectivity index (χ0n) is 9.56. The van der Waals surface area contributed by atoms with E-state index in [-0.39, 0.29) is 6.04 Å². The van der Waals surface area contributed by atoms with Crippen LogP contribution >= 0.6 is 0 Å². The Hall–Kier alpha value is -1.17. The molecule has 2 unspecified atom stereocenters. The van der Waals surface area contributed by atoms with Gasteiger partial charge >= 0.3 is 0 Å². The highest BCUT2D eigenvalue weighted by atomic mass is 32.2. The maximum atomic E-state index is 12.9. The predicted octanol–water partition coefficient (Wildman–Crippen LogP) is 1.60. The molecule has 17 heavy (non-hydrogen) atoms. The molecule has 1 aliphatic rings. The Morgan fingerprint density at radius 1 is 1.41 bits per heavy atom. The average Bonchev–Trinajstić information content (AvgIpc) is 2.65. The van der Waals surface area contributed by atoms with Gasteiger partial charge in [-0.3, -0.25) is 0 Å². The second-order valence-corrected chi connectivity index (χ2v) is 6.66. The molecule has 1 aromatic rings. The average molecular weight is 258 g/mol. The number of sulfone groups is 1. The summed E-state index contributed by atoms with van der Waals surface area (Å²) in [6.45, 7) is 0. The van der Waals surface area contributed by atoms with Gasteiger partial charge in [-0.2, -0.15) is 4.39 Å². The van der Waals surface area contributed by atoms with Crippen molar-refractivity contribution in [3.63, 3.8) is 0 Å². The van der Waals surface area contributed by atoms with Crippen LogP contribution in [0, 0.1) is 5.95 Å². The number of hydrogen-bond acceptors (Lipinski definition) is 4. The van der Waals surface area contributed by atoms with Crippen LogP contribution < -0.4 is 5.32 Å². The van der Waals surface area contributed by atoms with E-state index in [1.807, 2.05) is 0 Å². The first kappa shape index (κ1) is 12.3. The number of pyridine rings is 1. The highest BCUT2D eigenvalue weighted by Crippen LogP contribution is 2.27. The molecule has 0 amide bonds. The molecule has 2 atom stereocenters. The molecule has 2 rings (SSSR count). The number of anilines is 1. The van der Waals surface area contributed by atoms with Crippen molar-refractivity contribution in [1.82, 2.24) is 4.98 Å². The molecule has 6 heteroatoms. The summed E-state index contributed by atoms with van der Waals surface area (Å²) in [5.74, 6) is -0.172. The first-order chi connectivity index (χ1) is 7.97. The number of aromatic nitrogens is 1. The van der Waals surface area contributed by atoms with Crippen molar-refractivity contribution in [3.8, 4) is 0 Å². The van der Waals surface area contributed by atoms with Crippen LogP contribution in [0.25, 0.3) is 0 Å². The van der Waals surface area contributed by atoms with Gasteiger partial charge in [0.1, 0.15) is 5.82 Å². The molecule has 1 aliphatic carbocycles. The topological polar surface area (TPSA) is 59.1 Å². The van der Waals surface area contributed by atoms with Gasteiger partial charge in [0, 0.05) is 12.3 Å². The number of nitrogens with zero attached hydrogens (tertiary/aromatic N) is 1. The lowest BCUT2D eigenvalue weighted by atomic mass is 10.2. The number of hydrogen-bond donors (Lipinski definition) is 1. The molecule has 0 bridgehead atoms. The Labute approximate surface area is 100 Å². The van der Waals surface area contributed by atoms with Gasteiger partial charge in [0.25, 0.3) is 0 Å². The molecular weight excluding hydrogens is 243 g/mol. The quantitative estimate of drug-likeness (QED) is 0.837. The Bertz CT molecular complexity index is 504. The van der Waals surface area contributed by atoms with Gasteiger partial charge < -0.3 is 5.32 Å². The summed E-state index contributed by atoms with van der Waals surface area (Å²) < 4.78 is 36.0. The lowest BCUT2D eigenvalue weighted by molar-refractivity contribution is 0.576. The monoisotopic (exact) mass is 258 g/mol. The molecule has 0 radical (unpaired) electrons. The standard InChI is InChI=1S/C11H15FN2O2S/c1-17(15,16)9-5-2-4-8(9)13-11-7-3-6-10(12)14-11/h3,6-9H,2,4-5H2,1H3,(H,13,14). The summed E-state index contributed by atoms with van der Waals surface area (Å²) in [6.07, 6.45) is 3.54. The van der Waals surface area contributed by atoms with Crippen molar-refractivity contribution in [2.75, 3.05) is 11.6 Å². The first-order valence-corrected chi connectivity index (χ1v) is 7.50. The van der Waals surface area contributed by atoms with Crippen LogP contribution in [0.15, 0.2) is 18.2 Å². The lowest BCUT2D eigenvalue weighted by Gasteiger charge is -2.19. The first-order valence-electron chi connectivity index (χ1n) is 5.55. The van der Waals surface area contributed by atoms with Gasteiger partial charge in [0.2, 0.25) is 5.95 Å². The van der Waals surface area contributed by atoms with Crippen LogP contribution in [0.3, 0.4) is 0 Å². The summed E-state index contributed by atoms with van der Waals surface area (Å²) in [6, 6.07) is 4.28. The van der Waals surface area contributed by atoms with Crippen molar-refractivity contribution in [3.05, 3.63) is 24.1 Å². The third-order valence-electron chi connectivity index (χ3n) is 3.05. The zero-order chi connectivity index (χ0) is 12.5. The van der Waals surface area contributed by atoms with Crippen molar-refractivity contribution in [2.45, 2.75) is 30.6 Å². The minimum atomic E-state index is -3.07. The minimum Gasteiger partial charge on any atom is -0.366 e. The summed E-state index contributed by atoms with van der Waals surface area (Å²) in [5.41, 5.74) is 0. The third-order valence-corrected chi connectivity index (χ3v) is 4.72. The third kappa shape index (κ3) is 2.94. The smallest absolute Gasteiger partial charge is 0.214 e. The molecule has 0 aromatic carbocycles. The highest BCUT2D eigenvalue weighted by Gasteiger charge is 2.34. The van der Waals surface area contributed by atoms with E-state index in [0.29, 0.717) is 12.2 Å². The van der Waals surface area contributed by atoms with Crippen LogP contribution in [0.4, 0.5) is 10.2 Å². The largest absolute Gasteiger partial charge is 0.366 e. The molecule has 1 heterocycles. The molecule has 1 fully saturated rings. The zero-order valence-corrected chi connectivity index (χ0v) is 10.4. The molecule has 0 aliphatic heterocycles. The maximum absolute atomic E-state index is 12.9. The Morgan fingerprint density at radius 2 is 2.18 bits per heavy atom. The normalized spacial score (nSPS) is 24.8. The van der Waals surface area contributed by atoms with E-state index >= 15 is 0 Å². The van der Waals surface area contributed by atoms with Gasteiger partial charge in [-0.15, -0.1) is 0 Å². The van der Waals surface area contributed by atoms with Crippen LogP contribution in [0.5, 0.6) is 0 Å². The second kappa shape index (κ2) is 4.60. The molecule has 1 N–H and O–H groups in total. The van der Waals surface area contributed by atoms with Gasteiger partial charge in [-0.05, 0) is 31.4 Å². The van der Waals surface area contributed by atoms with Crippen LogP contribution in [-0.2, 0) is 9.84 Å². The Morgan fingerprint density at radius 3 is 2.82 bits per heavy atom. The van der Waals surface area contributed by atoms with E-state index in [1.54, 1.807) is 12.1 Å². The summed E-state index contributed by atoms with van der Waals surface area (Å²) in [4.78, 5) is 3.68. The van der Waals surface area contributed by atoms with E-state index in [9.17, 15) is 12.8 Å². The fourth-order valence-electron chi connectivity index (χ4n) is 2.28. The van der Waals surface area contributed by atoms with E-state index in [1.165, 1.54) is 12.3 Å². The SMILES string of the molecule is CS(=O)(=O)C1CCCC1Nc1cccc(F)n1. The van der Waals surface area contributed by atoms with Crippen LogP contribution in [-0.4, -0.2) is 30.9 Å². The van der Waals surface area contributed by atoms with Gasteiger partial charge in [-0.1, -0.05) is 6.07 Å². The Balaban J connectivity index is 2.13. The molecule has 0 saturated heterocycles. The van der Waals surface area contributed by atoms with Crippen molar-refractivity contribution < 1.29 is 12.8 Å². The van der Waals surface area contributed by atoms with E-state index in [4.69, 9.17) is 0 Å². The summed E-state index contributed by atoms with van der Waals surface area (Å²) in [5, 5.41) is 2.61. The highest BCUT2D eigenvalue weighted by molar-refractivity contribution is 7.91. The molecule has 0 spiro atoms. The summed E-state index contributed by atoms with van der Waals surface area (Å²) in [7, 11) is -3.07. The van der Waals surface area contributed by atoms with Gasteiger partial charge in [-0.25, -0.2) is 13.4 Å². The Kier molecular flexibility index (Phi) is 3.33. The number of halogens is 1. The number of rotatable bonds is 3. The molecule has 94 valence electrons. The number of nitrogens with one attached hydrogen (secondary N) is 1. The van der Waals surface area contributed by atoms with E-state index in [2.05, 4.69) is 10.3 Å². The van der Waals surface area contributed by atoms with Crippen LogP contribution in [0.2, 0.25) is 0 Å². The minimum absolute atomic E-state index is 0.167. The van der Waals surface area contributed by atoms with Gasteiger partial charge in [0.15, 0.2) is 9.84 Å². The summed E-state index contributed by atoms with van der Waals surface area (Å²) >= 11 is 0. The second-order valence-electron chi connectivity index (χ2n) is 4.40. The van der Waals surface area contributed by atoms with E-state index in [0.717, 1.165) is 12.8 Å². The molecule has 1 saturated carbocycles. The van der Waals surface area contributed by atoms with Gasteiger partial charge in [0.05, 0.1) is 5.25 Å². The molecular formula is C11H15FN2O2S. The molecule has 4 nitrogen and oxygen atoms in total. The van der Waals surface area contributed by atoms with Crippen molar-refractivity contribution in [1.29, 1.82) is 0 Å². The molecule has 1 aromatic heterocycles. The predicted molar refractivity (Wildman–Crippen MR) is 64.1 cm³/mol. The van der Waals surface area contributed by atoms with Crippen molar-refractivity contribution >= 4 is 15.7 Å². The maximum Gasteiger partial charge on any atom is 0.214 e. The van der Waals surface area contributed by atoms with E-state index < -0.39 is 21.0 Å². The fraction of sp³-hybridized carbons (Fsp3) is 0.545. The van der Waals surface area contributed by atoms with Crippen LogP contribution in [0.1, 0.15) is 19.3 Å². The lowest BCUT2D eigenvalue weighted by Crippen LogP contribution is -2.34.